The van der Waals surface area contributed by atoms with Gasteiger partial charge in [0.25, 0.3) is 5.78 Å². The molecule has 0 bridgehead atoms. The predicted octanol–water partition coefficient (Wildman–Crippen LogP) is 3.32. The van der Waals surface area contributed by atoms with E-state index >= 15 is 0 Å². The van der Waals surface area contributed by atoms with E-state index in [1.807, 2.05) is 11.0 Å². The summed E-state index contributed by atoms with van der Waals surface area (Å²) in [5.74, 6) is -2.21. The van der Waals surface area contributed by atoms with E-state index in [1.54, 1.807) is 0 Å². The van der Waals surface area contributed by atoms with Gasteiger partial charge in [0.2, 0.25) is 0 Å². The number of benzene rings is 1. The third kappa shape index (κ3) is 2.87. The van der Waals surface area contributed by atoms with Gasteiger partial charge in [-0.15, -0.1) is 0 Å². The number of nitriles is 1. The maximum atomic E-state index is 14.6. The summed E-state index contributed by atoms with van der Waals surface area (Å²) in [6.07, 6.45) is 3.03. The molecule has 1 saturated heterocycles. The largest absolute Gasteiger partial charge is 0.356 e. The molecule has 1 aromatic carbocycles. The van der Waals surface area contributed by atoms with Gasteiger partial charge in [-0.3, -0.25) is 0 Å². The van der Waals surface area contributed by atoms with E-state index < -0.39 is 23.0 Å². The predicted molar refractivity (Wildman–Crippen MR) is 91.4 cm³/mol. The van der Waals surface area contributed by atoms with Gasteiger partial charge in [-0.1, -0.05) is 6.92 Å². The van der Waals surface area contributed by atoms with Crippen LogP contribution in [0, 0.1) is 34.7 Å². The van der Waals surface area contributed by atoms with Crippen molar-refractivity contribution in [3.05, 3.63) is 41.6 Å². The molecule has 6 nitrogen and oxygen atoms in total. The molecule has 3 aromatic rings. The summed E-state index contributed by atoms with van der Waals surface area (Å²) in [6, 6.07) is 3.07. The fraction of sp³-hybridized carbons (Fsp3) is 0.333. The number of hydrogen-bond acceptors (Lipinski definition) is 5. The van der Waals surface area contributed by atoms with Crippen LogP contribution in [0.4, 0.5) is 19.0 Å². The van der Waals surface area contributed by atoms with Crippen molar-refractivity contribution in [3.63, 3.8) is 0 Å². The van der Waals surface area contributed by atoms with Gasteiger partial charge in [-0.05, 0) is 18.8 Å². The van der Waals surface area contributed by atoms with Crippen molar-refractivity contribution in [2.75, 3.05) is 18.0 Å². The standard InChI is InChI=1S/C18H15F3N6/c1-10-2-4-26(5-3-10)17-16(15-12(20)6-11(19)7-13(15)21)14(8-22)25-18-23-9-24-27(17)18/h6-7,9-10H,2-5H2,1H3. The first-order valence-corrected chi connectivity index (χ1v) is 8.53. The van der Waals surface area contributed by atoms with Crippen LogP contribution < -0.4 is 4.90 Å². The first-order valence-electron chi connectivity index (χ1n) is 8.53. The van der Waals surface area contributed by atoms with Crippen LogP contribution in [-0.4, -0.2) is 32.7 Å². The average Bonchev–Trinajstić information content (AvgIpc) is 3.09. The molecule has 0 spiro atoms. The van der Waals surface area contributed by atoms with Crippen molar-refractivity contribution in [2.24, 2.45) is 5.92 Å². The Labute approximate surface area is 152 Å². The average molecular weight is 372 g/mol. The zero-order valence-corrected chi connectivity index (χ0v) is 14.5. The first kappa shape index (κ1) is 17.3. The molecule has 1 aliphatic heterocycles. The highest BCUT2D eigenvalue weighted by Crippen LogP contribution is 2.38. The van der Waals surface area contributed by atoms with Gasteiger partial charge in [0.05, 0.1) is 11.1 Å². The monoisotopic (exact) mass is 372 g/mol. The molecule has 0 atom stereocenters. The van der Waals surface area contributed by atoms with Gasteiger partial charge in [0, 0.05) is 25.2 Å². The molecule has 3 heterocycles. The fourth-order valence-electron chi connectivity index (χ4n) is 3.43. The molecular weight excluding hydrogens is 357 g/mol. The minimum Gasteiger partial charge on any atom is -0.356 e. The van der Waals surface area contributed by atoms with E-state index in [0.29, 0.717) is 37.0 Å². The van der Waals surface area contributed by atoms with E-state index in [2.05, 4.69) is 22.0 Å². The summed E-state index contributed by atoms with van der Waals surface area (Å²) in [6.45, 7) is 3.39. The maximum absolute atomic E-state index is 14.6. The third-order valence-electron chi connectivity index (χ3n) is 4.85. The number of hydrogen-bond donors (Lipinski definition) is 0. The molecule has 1 aliphatic rings. The number of rotatable bonds is 2. The topological polar surface area (TPSA) is 70.1 Å². The third-order valence-corrected chi connectivity index (χ3v) is 4.85. The second kappa shape index (κ2) is 6.54. The molecule has 27 heavy (non-hydrogen) atoms. The lowest BCUT2D eigenvalue weighted by molar-refractivity contribution is 0.435. The number of piperidine rings is 1. The van der Waals surface area contributed by atoms with Crippen LogP contribution in [0.5, 0.6) is 0 Å². The minimum atomic E-state index is -1.10. The molecule has 9 heteroatoms. The van der Waals surface area contributed by atoms with Gasteiger partial charge in [0.15, 0.2) is 5.69 Å². The van der Waals surface area contributed by atoms with Crippen LogP contribution in [0.15, 0.2) is 18.5 Å². The van der Waals surface area contributed by atoms with Crippen molar-refractivity contribution in [1.82, 2.24) is 19.6 Å². The van der Waals surface area contributed by atoms with Crippen molar-refractivity contribution in [1.29, 1.82) is 5.26 Å². The van der Waals surface area contributed by atoms with Crippen LogP contribution in [-0.2, 0) is 0 Å². The normalized spacial score (nSPS) is 15.3. The molecule has 0 unspecified atom stereocenters. The van der Waals surface area contributed by atoms with Gasteiger partial charge >= 0.3 is 0 Å². The Morgan fingerprint density at radius 2 is 1.78 bits per heavy atom. The minimum absolute atomic E-state index is 0.0416. The molecule has 1 fully saturated rings. The molecule has 0 N–H and O–H groups in total. The van der Waals surface area contributed by atoms with E-state index in [-0.39, 0.29) is 17.0 Å². The van der Waals surface area contributed by atoms with E-state index in [4.69, 9.17) is 0 Å². The Bertz CT molecular complexity index is 1040. The molecule has 4 rings (SSSR count). The molecule has 0 amide bonds. The summed E-state index contributed by atoms with van der Waals surface area (Å²) in [5.41, 5.74) is -0.722. The SMILES string of the molecule is CC1CCN(c2c(-c3c(F)cc(F)cc3F)c(C#N)nc3ncnn23)CC1. The van der Waals surface area contributed by atoms with Crippen LogP contribution in [0.25, 0.3) is 16.9 Å². The zero-order chi connectivity index (χ0) is 19.1. The second-order valence-electron chi connectivity index (χ2n) is 6.66. The van der Waals surface area contributed by atoms with Gasteiger partial charge < -0.3 is 4.90 Å². The summed E-state index contributed by atoms with van der Waals surface area (Å²) >= 11 is 0. The number of halogens is 3. The fourth-order valence-corrected chi connectivity index (χ4v) is 3.43. The smallest absolute Gasteiger partial charge is 0.255 e. The molecule has 138 valence electrons. The van der Waals surface area contributed by atoms with Gasteiger partial charge in [-0.25, -0.2) is 13.2 Å². The molecule has 2 aromatic heterocycles. The van der Waals surface area contributed by atoms with E-state index in [9.17, 15) is 18.4 Å². The van der Waals surface area contributed by atoms with E-state index in [1.165, 1.54) is 10.8 Å². The number of aromatic nitrogens is 4. The highest BCUT2D eigenvalue weighted by Gasteiger charge is 2.29. The number of anilines is 1. The Morgan fingerprint density at radius 1 is 1.11 bits per heavy atom. The Balaban J connectivity index is 2.05. The van der Waals surface area contributed by atoms with Crippen LogP contribution in [0.1, 0.15) is 25.5 Å². The lowest BCUT2D eigenvalue weighted by atomic mass is 9.97. The van der Waals surface area contributed by atoms with Crippen LogP contribution in [0.3, 0.4) is 0 Å². The number of fused-ring (bicyclic) bond motifs is 1. The molecule has 0 radical (unpaired) electrons. The lowest BCUT2D eigenvalue weighted by Crippen LogP contribution is -2.35. The van der Waals surface area contributed by atoms with E-state index in [0.717, 1.165) is 12.8 Å². The zero-order valence-electron chi connectivity index (χ0n) is 14.5. The number of nitrogens with zero attached hydrogens (tertiary/aromatic N) is 6. The second-order valence-corrected chi connectivity index (χ2v) is 6.66. The van der Waals surface area contributed by atoms with Gasteiger partial charge in [0.1, 0.15) is 35.7 Å². The van der Waals surface area contributed by atoms with Crippen molar-refractivity contribution < 1.29 is 13.2 Å². The Morgan fingerprint density at radius 3 is 2.41 bits per heavy atom. The van der Waals surface area contributed by atoms with Crippen LogP contribution >= 0.6 is 0 Å². The highest BCUT2D eigenvalue weighted by molar-refractivity contribution is 5.82. The van der Waals surface area contributed by atoms with Crippen molar-refractivity contribution >= 4 is 11.6 Å². The quantitative estimate of drug-likeness (QED) is 0.690. The van der Waals surface area contributed by atoms with Crippen molar-refractivity contribution in [2.45, 2.75) is 19.8 Å². The Hall–Kier alpha value is -3.15. The molecule has 0 saturated carbocycles. The summed E-state index contributed by atoms with van der Waals surface area (Å²) in [4.78, 5) is 10.0. The molecule has 0 aliphatic carbocycles. The first-order chi connectivity index (χ1) is 13.0. The molecular formula is C18H15F3N6. The van der Waals surface area contributed by atoms with Crippen LogP contribution in [0.2, 0.25) is 0 Å². The highest BCUT2D eigenvalue weighted by atomic mass is 19.1. The lowest BCUT2D eigenvalue weighted by Gasteiger charge is -2.33. The van der Waals surface area contributed by atoms with Crippen molar-refractivity contribution in [3.8, 4) is 17.2 Å². The van der Waals surface area contributed by atoms with Gasteiger partial charge in [-0.2, -0.15) is 24.8 Å². The Kier molecular flexibility index (Phi) is 4.18. The summed E-state index contributed by atoms with van der Waals surface area (Å²) in [5, 5.41) is 13.7. The maximum Gasteiger partial charge on any atom is 0.255 e. The summed E-state index contributed by atoms with van der Waals surface area (Å²) in [7, 11) is 0. The summed E-state index contributed by atoms with van der Waals surface area (Å²) < 4.78 is 43.9.